The maximum Gasteiger partial charge on any atom is 0.271 e. The lowest BCUT2D eigenvalue weighted by Gasteiger charge is -1.84. The second-order valence-corrected chi connectivity index (χ2v) is 3.55. The minimum atomic E-state index is 0.413. The molecule has 0 aliphatic carbocycles. The van der Waals surface area contributed by atoms with Crippen molar-refractivity contribution in [1.82, 2.24) is 15.1 Å². The van der Waals surface area contributed by atoms with Gasteiger partial charge in [0.2, 0.25) is 0 Å². The maximum atomic E-state index is 5.80. The molecule has 13 heavy (non-hydrogen) atoms. The highest BCUT2D eigenvalue weighted by atomic mass is 35.5. The molecule has 0 aliphatic rings. The number of aryl methyl sites for hydroxylation is 1. The van der Waals surface area contributed by atoms with Crippen LogP contribution >= 0.6 is 22.9 Å². The highest BCUT2D eigenvalue weighted by Crippen LogP contribution is 2.29. The molecule has 0 saturated carbocycles. The molecule has 4 nitrogen and oxygen atoms in total. The third-order valence-electron chi connectivity index (χ3n) is 1.50. The topological polar surface area (TPSA) is 51.8 Å². The fourth-order valence-electron chi connectivity index (χ4n) is 0.861. The Morgan fingerprint density at radius 3 is 3.00 bits per heavy atom. The van der Waals surface area contributed by atoms with Crippen molar-refractivity contribution in [3.8, 4) is 10.8 Å². The second kappa shape index (κ2) is 3.43. The van der Waals surface area contributed by atoms with Gasteiger partial charge in [-0.15, -0.1) is 11.3 Å². The van der Waals surface area contributed by atoms with Crippen molar-refractivity contribution in [2.24, 2.45) is 0 Å². The van der Waals surface area contributed by atoms with Crippen molar-refractivity contribution >= 4 is 22.9 Å². The van der Waals surface area contributed by atoms with Crippen molar-refractivity contribution in [3.05, 3.63) is 16.5 Å². The molecule has 0 aliphatic heterocycles. The first-order valence-electron chi connectivity index (χ1n) is 3.73. The summed E-state index contributed by atoms with van der Waals surface area (Å²) < 4.78 is 5.01. The Hall–Kier alpha value is -0.940. The van der Waals surface area contributed by atoms with E-state index in [4.69, 9.17) is 16.1 Å². The van der Waals surface area contributed by atoms with Crippen LogP contribution in [0.25, 0.3) is 10.8 Å². The van der Waals surface area contributed by atoms with Crippen LogP contribution in [0, 0.1) is 0 Å². The second-order valence-electron chi connectivity index (χ2n) is 2.34. The van der Waals surface area contributed by atoms with E-state index in [0.717, 1.165) is 11.3 Å². The average molecular weight is 216 g/mol. The number of halogens is 1. The summed E-state index contributed by atoms with van der Waals surface area (Å²) >= 11 is 7.19. The SMILES string of the molecule is CCc1noc(-c2scnc2Cl)n1. The molecule has 0 bridgehead atoms. The summed E-state index contributed by atoms with van der Waals surface area (Å²) in [5, 5.41) is 4.18. The Morgan fingerprint density at radius 1 is 1.62 bits per heavy atom. The lowest BCUT2D eigenvalue weighted by Crippen LogP contribution is -1.81. The number of nitrogens with zero attached hydrogens (tertiary/aromatic N) is 3. The lowest BCUT2D eigenvalue weighted by molar-refractivity contribution is 0.424. The zero-order chi connectivity index (χ0) is 9.26. The summed E-state index contributed by atoms with van der Waals surface area (Å²) in [7, 11) is 0. The van der Waals surface area contributed by atoms with Crippen LogP contribution in [0.5, 0.6) is 0 Å². The molecule has 2 aromatic rings. The summed E-state index contributed by atoms with van der Waals surface area (Å²) in [6, 6.07) is 0. The molecular formula is C7H6ClN3OS. The van der Waals surface area contributed by atoms with Gasteiger partial charge in [0.25, 0.3) is 5.89 Å². The Bertz CT molecular complexity index is 411. The molecule has 0 amide bonds. The molecule has 0 saturated heterocycles. The van der Waals surface area contributed by atoms with Crippen molar-refractivity contribution in [3.63, 3.8) is 0 Å². The van der Waals surface area contributed by atoms with Crippen LogP contribution in [0.1, 0.15) is 12.7 Å². The molecule has 0 unspecified atom stereocenters. The summed E-state index contributed by atoms with van der Waals surface area (Å²) in [5.74, 6) is 1.13. The molecule has 6 heteroatoms. The van der Waals surface area contributed by atoms with Crippen LogP contribution in [0.4, 0.5) is 0 Å². The van der Waals surface area contributed by atoms with Gasteiger partial charge in [0.05, 0.1) is 5.51 Å². The molecule has 0 spiro atoms. The van der Waals surface area contributed by atoms with Crippen LogP contribution in [0.15, 0.2) is 10.0 Å². The quantitative estimate of drug-likeness (QED) is 0.772. The predicted octanol–water partition coefficient (Wildman–Crippen LogP) is 2.41. The first-order valence-corrected chi connectivity index (χ1v) is 4.99. The van der Waals surface area contributed by atoms with E-state index in [9.17, 15) is 0 Å². The molecule has 68 valence electrons. The van der Waals surface area contributed by atoms with Gasteiger partial charge >= 0.3 is 0 Å². The van der Waals surface area contributed by atoms with Gasteiger partial charge in [-0.05, 0) is 0 Å². The summed E-state index contributed by atoms with van der Waals surface area (Å²) in [4.78, 5) is 8.75. The Kier molecular flexibility index (Phi) is 2.28. The zero-order valence-electron chi connectivity index (χ0n) is 6.82. The monoisotopic (exact) mass is 215 g/mol. The van der Waals surface area contributed by atoms with Crippen LogP contribution in [0.2, 0.25) is 5.15 Å². The molecule has 2 heterocycles. The predicted molar refractivity (Wildman–Crippen MR) is 49.8 cm³/mol. The number of thiazole rings is 1. The summed E-state index contributed by atoms with van der Waals surface area (Å²) in [6.07, 6.45) is 0.750. The molecule has 0 atom stereocenters. The molecule has 0 N–H and O–H groups in total. The first kappa shape index (κ1) is 8.65. The molecule has 0 fully saturated rings. The summed E-state index contributed by atoms with van der Waals surface area (Å²) in [5.41, 5.74) is 1.65. The van der Waals surface area contributed by atoms with E-state index < -0.39 is 0 Å². The molecular weight excluding hydrogens is 210 g/mol. The minimum absolute atomic E-state index is 0.413. The molecule has 2 aromatic heterocycles. The summed E-state index contributed by atoms with van der Waals surface area (Å²) in [6.45, 7) is 1.96. The third-order valence-corrected chi connectivity index (χ3v) is 2.72. The van der Waals surface area contributed by atoms with Crippen molar-refractivity contribution in [2.75, 3.05) is 0 Å². The van der Waals surface area contributed by atoms with Crippen LogP contribution < -0.4 is 0 Å². The standard InChI is InChI=1S/C7H6ClN3OS/c1-2-4-10-7(12-11-4)5-6(8)9-3-13-5/h3H,2H2,1H3. The van der Waals surface area contributed by atoms with Crippen molar-refractivity contribution in [1.29, 1.82) is 0 Å². The van der Waals surface area contributed by atoms with Crippen LogP contribution in [0.3, 0.4) is 0 Å². The van der Waals surface area contributed by atoms with Gasteiger partial charge in [-0.2, -0.15) is 4.98 Å². The Morgan fingerprint density at radius 2 is 2.46 bits per heavy atom. The van der Waals surface area contributed by atoms with E-state index in [1.807, 2.05) is 6.92 Å². The third kappa shape index (κ3) is 1.57. The molecule has 2 rings (SSSR count). The number of rotatable bonds is 2. The number of aromatic nitrogens is 3. The van der Waals surface area contributed by atoms with Crippen molar-refractivity contribution < 1.29 is 4.52 Å². The largest absolute Gasteiger partial charge is 0.333 e. The van der Waals surface area contributed by atoms with E-state index in [1.165, 1.54) is 11.3 Å². The minimum Gasteiger partial charge on any atom is -0.333 e. The number of hydrogen-bond donors (Lipinski definition) is 0. The van der Waals surface area contributed by atoms with Crippen molar-refractivity contribution in [2.45, 2.75) is 13.3 Å². The van der Waals surface area contributed by atoms with Crippen LogP contribution in [-0.2, 0) is 6.42 Å². The van der Waals surface area contributed by atoms with Gasteiger partial charge in [-0.3, -0.25) is 0 Å². The average Bonchev–Trinajstić information content (AvgIpc) is 2.71. The van der Waals surface area contributed by atoms with Gasteiger partial charge in [0, 0.05) is 6.42 Å². The number of hydrogen-bond acceptors (Lipinski definition) is 5. The highest BCUT2D eigenvalue weighted by Gasteiger charge is 2.13. The zero-order valence-corrected chi connectivity index (χ0v) is 8.39. The van der Waals surface area contributed by atoms with Gasteiger partial charge in [-0.25, -0.2) is 4.98 Å². The lowest BCUT2D eigenvalue weighted by atomic mass is 10.5. The van der Waals surface area contributed by atoms with E-state index in [2.05, 4.69) is 15.1 Å². The molecule has 0 radical (unpaired) electrons. The molecule has 0 aromatic carbocycles. The Labute approximate surface area is 83.6 Å². The van der Waals surface area contributed by atoms with E-state index in [1.54, 1.807) is 5.51 Å². The fraction of sp³-hybridized carbons (Fsp3) is 0.286. The first-order chi connectivity index (χ1) is 6.31. The Balaban J connectivity index is 2.41. The highest BCUT2D eigenvalue weighted by molar-refractivity contribution is 7.13. The van der Waals surface area contributed by atoms with E-state index in [0.29, 0.717) is 16.9 Å². The van der Waals surface area contributed by atoms with Crippen LogP contribution in [-0.4, -0.2) is 15.1 Å². The normalized spacial score (nSPS) is 10.6. The fourth-order valence-corrected chi connectivity index (χ4v) is 1.78. The van der Waals surface area contributed by atoms with Gasteiger partial charge in [0.1, 0.15) is 4.88 Å². The van der Waals surface area contributed by atoms with Gasteiger partial charge in [-0.1, -0.05) is 23.7 Å². The van der Waals surface area contributed by atoms with Gasteiger partial charge in [0.15, 0.2) is 11.0 Å². The smallest absolute Gasteiger partial charge is 0.271 e. The van der Waals surface area contributed by atoms with Gasteiger partial charge < -0.3 is 4.52 Å². The maximum absolute atomic E-state index is 5.80. The van der Waals surface area contributed by atoms with E-state index >= 15 is 0 Å². The van der Waals surface area contributed by atoms with E-state index in [-0.39, 0.29) is 0 Å².